The van der Waals surface area contributed by atoms with Crippen LogP contribution in [-0.4, -0.2) is 61.2 Å². The first-order chi connectivity index (χ1) is 9.72. The molecule has 6 nitrogen and oxygen atoms in total. The molecule has 2 aliphatic rings. The Kier molecular flexibility index (Phi) is 3.64. The molecule has 0 saturated carbocycles. The molecule has 2 fully saturated rings. The summed E-state index contributed by atoms with van der Waals surface area (Å²) < 4.78 is 5.70. The summed E-state index contributed by atoms with van der Waals surface area (Å²) in [7, 11) is 0. The van der Waals surface area contributed by atoms with Crippen molar-refractivity contribution in [3.63, 3.8) is 0 Å². The number of nitrogens with two attached hydrogens (primary N) is 1. The monoisotopic (exact) mass is 276 g/mol. The number of benzene rings is 1. The Bertz CT molecular complexity index is 494. The van der Waals surface area contributed by atoms with Gasteiger partial charge in [0.2, 0.25) is 0 Å². The fraction of sp³-hybridized carbons (Fsp3) is 0.500. The average molecular weight is 276 g/mol. The molecule has 0 bridgehead atoms. The molecule has 1 aromatic rings. The minimum Gasteiger partial charge on any atom is -0.492 e. The van der Waals surface area contributed by atoms with Crippen molar-refractivity contribution >= 4 is 11.7 Å². The number of carbonyl (C=O) groups is 1. The predicted molar refractivity (Wildman–Crippen MR) is 76.7 cm³/mol. The van der Waals surface area contributed by atoms with Gasteiger partial charge < -0.3 is 20.7 Å². The van der Waals surface area contributed by atoms with Crippen molar-refractivity contribution in [2.45, 2.75) is 6.04 Å². The van der Waals surface area contributed by atoms with Crippen LogP contribution in [0.2, 0.25) is 0 Å². The normalized spacial score (nSPS) is 22.5. The van der Waals surface area contributed by atoms with Crippen molar-refractivity contribution in [1.29, 1.82) is 0 Å². The van der Waals surface area contributed by atoms with Gasteiger partial charge in [0.25, 0.3) is 0 Å². The second kappa shape index (κ2) is 5.58. The van der Waals surface area contributed by atoms with Crippen molar-refractivity contribution < 1.29 is 9.53 Å². The molecule has 0 radical (unpaired) electrons. The molecule has 0 spiro atoms. The quantitative estimate of drug-likeness (QED) is 0.779. The maximum atomic E-state index is 11.5. The van der Waals surface area contributed by atoms with Gasteiger partial charge in [0.15, 0.2) is 0 Å². The molecule has 0 aliphatic carbocycles. The van der Waals surface area contributed by atoms with Gasteiger partial charge in [-0.3, -0.25) is 4.90 Å². The van der Waals surface area contributed by atoms with E-state index in [4.69, 9.17) is 10.5 Å². The van der Waals surface area contributed by atoms with E-state index >= 15 is 0 Å². The number of carbonyl (C=O) groups excluding carboxylic acids is 1. The number of hydrogen-bond acceptors (Lipinski definition) is 4. The molecule has 1 unspecified atom stereocenters. The smallest absolute Gasteiger partial charge is 0.317 e. The Balaban J connectivity index is 1.44. The molecule has 2 heterocycles. The number of amides is 2. The first-order valence-corrected chi connectivity index (χ1v) is 6.97. The number of urea groups is 1. The second-order valence-corrected chi connectivity index (χ2v) is 5.25. The number of anilines is 1. The highest BCUT2D eigenvalue weighted by molar-refractivity contribution is 5.77. The van der Waals surface area contributed by atoms with Crippen LogP contribution in [0.1, 0.15) is 0 Å². The first-order valence-electron chi connectivity index (χ1n) is 6.97. The number of fused-ring (bicyclic) bond motifs is 1. The molecule has 1 aromatic carbocycles. The first kappa shape index (κ1) is 13.1. The van der Waals surface area contributed by atoms with Crippen LogP contribution in [-0.2, 0) is 0 Å². The zero-order chi connectivity index (χ0) is 13.9. The lowest BCUT2D eigenvalue weighted by Gasteiger charge is -2.36. The molecule has 0 aromatic heterocycles. The molecule has 2 aliphatic heterocycles. The van der Waals surface area contributed by atoms with Crippen LogP contribution in [0.25, 0.3) is 0 Å². The molecule has 3 N–H and O–H groups in total. The summed E-state index contributed by atoms with van der Waals surface area (Å²) in [5, 5.41) is 2.89. The van der Waals surface area contributed by atoms with Gasteiger partial charge in [-0.15, -0.1) is 0 Å². The van der Waals surface area contributed by atoms with Gasteiger partial charge in [0.05, 0.1) is 6.04 Å². The minimum atomic E-state index is 0.0747. The third kappa shape index (κ3) is 2.80. The summed E-state index contributed by atoms with van der Waals surface area (Å²) in [6.45, 7) is 4.88. The van der Waals surface area contributed by atoms with E-state index in [1.165, 1.54) is 0 Å². The number of ether oxygens (including phenoxy) is 1. The van der Waals surface area contributed by atoms with E-state index in [1.807, 2.05) is 29.2 Å². The number of nitrogen functional groups attached to an aromatic ring is 1. The summed E-state index contributed by atoms with van der Waals surface area (Å²) >= 11 is 0. The molecule has 108 valence electrons. The Morgan fingerprint density at radius 3 is 3.15 bits per heavy atom. The third-order valence-electron chi connectivity index (χ3n) is 3.85. The van der Waals surface area contributed by atoms with E-state index in [2.05, 4.69) is 10.2 Å². The Morgan fingerprint density at radius 1 is 1.40 bits per heavy atom. The zero-order valence-corrected chi connectivity index (χ0v) is 11.4. The maximum Gasteiger partial charge on any atom is 0.317 e. The molecule has 6 heteroatoms. The van der Waals surface area contributed by atoms with Crippen molar-refractivity contribution in [2.24, 2.45) is 0 Å². The minimum absolute atomic E-state index is 0.0747. The van der Waals surface area contributed by atoms with Gasteiger partial charge in [0.1, 0.15) is 12.4 Å². The largest absolute Gasteiger partial charge is 0.492 e. The van der Waals surface area contributed by atoms with Crippen molar-refractivity contribution in [2.75, 3.05) is 45.1 Å². The maximum absolute atomic E-state index is 11.5. The molecule has 1 atom stereocenters. The van der Waals surface area contributed by atoms with Crippen LogP contribution in [0.5, 0.6) is 5.75 Å². The highest BCUT2D eigenvalue weighted by Gasteiger charge is 2.35. The topological polar surface area (TPSA) is 70.8 Å². The van der Waals surface area contributed by atoms with E-state index in [0.717, 1.165) is 38.5 Å². The lowest BCUT2D eigenvalue weighted by Crippen LogP contribution is -2.52. The second-order valence-electron chi connectivity index (χ2n) is 5.25. The van der Waals surface area contributed by atoms with Crippen LogP contribution in [0.3, 0.4) is 0 Å². The highest BCUT2D eigenvalue weighted by Crippen LogP contribution is 2.16. The fourth-order valence-electron chi connectivity index (χ4n) is 2.77. The zero-order valence-electron chi connectivity index (χ0n) is 11.4. The lowest BCUT2D eigenvalue weighted by atomic mass is 10.2. The number of piperazine rings is 1. The van der Waals surface area contributed by atoms with Crippen LogP contribution in [0.15, 0.2) is 24.3 Å². The van der Waals surface area contributed by atoms with Crippen molar-refractivity contribution in [1.82, 2.24) is 15.1 Å². The van der Waals surface area contributed by atoms with E-state index in [-0.39, 0.29) is 6.03 Å². The number of nitrogens with one attached hydrogen (secondary N) is 1. The molecule has 2 saturated heterocycles. The van der Waals surface area contributed by atoms with Crippen molar-refractivity contribution in [3.05, 3.63) is 24.3 Å². The van der Waals surface area contributed by atoms with E-state index in [0.29, 0.717) is 18.3 Å². The van der Waals surface area contributed by atoms with Gasteiger partial charge in [0, 0.05) is 44.5 Å². The number of rotatable bonds is 4. The SMILES string of the molecule is Nc1cccc(OCCN2CCN3C(=O)NCC3C2)c1. The average Bonchev–Trinajstić information content (AvgIpc) is 2.80. The van der Waals surface area contributed by atoms with E-state index < -0.39 is 0 Å². The van der Waals surface area contributed by atoms with Gasteiger partial charge in [-0.25, -0.2) is 4.79 Å². The highest BCUT2D eigenvalue weighted by atomic mass is 16.5. The van der Waals surface area contributed by atoms with Gasteiger partial charge in [-0.1, -0.05) is 6.07 Å². The number of hydrogen-bond donors (Lipinski definition) is 2. The third-order valence-corrected chi connectivity index (χ3v) is 3.85. The van der Waals surface area contributed by atoms with Crippen LogP contribution in [0, 0.1) is 0 Å². The van der Waals surface area contributed by atoms with Gasteiger partial charge in [-0.2, -0.15) is 0 Å². The summed E-state index contributed by atoms with van der Waals surface area (Å²) in [6.07, 6.45) is 0. The Labute approximate surface area is 118 Å². The van der Waals surface area contributed by atoms with Gasteiger partial charge in [-0.05, 0) is 12.1 Å². The van der Waals surface area contributed by atoms with Crippen molar-refractivity contribution in [3.8, 4) is 5.75 Å². The summed E-state index contributed by atoms with van der Waals surface area (Å²) in [4.78, 5) is 15.8. The van der Waals surface area contributed by atoms with Crippen LogP contribution >= 0.6 is 0 Å². The molecule has 20 heavy (non-hydrogen) atoms. The molecule has 2 amide bonds. The summed E-state index contributed by atoms with van der Waals surface area (Å²) in [5.74, 6) is 0.807. The van der Waals surface area contributed by atoms with Crippen LogP contribution < -0.4 is 15.8 Å². The predicted octanol–water partition coefficient (Wildman–Crippen LogP) is 0.357. The van der Waals surface area contributed by atoms with Gasteiger partial charge >= 0.3 is 6.03 Å². The number of nitrogens with zero attached hydrogens (tertiary/aromatic N) is 2. The van der Waals surface area contributed by atoms with E-state index in [9.17, 15) is 4.79 Å². The van der Waals surface area contributed by atoms with E-state index in [1.54, 1.807) is 0 Å². The lowest BCUT2D eigenvalue weighted by molar-refractivity contribution is 0.108. The standard InChI is InChI=1S/C14H20N4O2/c15-11-2-1-3-13(8-11)20-7-6-17-4-5-18-12(10-17)9-16-14(18)19/h1-3,8,12H,4-7,9-10,15H2,(H,16,19). The fourth-order valence-corrected chi connectivity index (χ4v) is 2.77. The Morgan fingerprint density at radius 2 is 2.30 bits per heavy atom. The molecule has 3 rings (SSSR count). The molecular weight excluding hydrogens is 256 g/mol. The van der Waals surface area contributed by atoms with Crippen LogP contribution in [0.4, 0.5) is 10.5 Å². The Hall–Kier alpha value is -1.95. The summed E-state index contributed by atoms with van der Waals surface area (Å²) in [6, 6.07) is 7.86. The molecular formula is C14H20N4O2. The summed E-state index contributed by atoms with van der Waals surface area (Å²) in [5.41, 5.74) is 6.42.